The number of benzene rings is 1. The molecule has 0 saturated heterocycles. The molecule has 0 unspecified atom stereocenters. The maximum Gasteiger partial charge on any atom is 0.0900 e. The normalized spacial score (nSPS) is 12.8. The number of hydrogen-bond donors (Lipinski definition) is 1. The summed E-state index contributed by atoms with van der Waals surface area (Å²) in [7, 11) is 1.94. The number of nitrogens with zero attached hydrogens (tertiary/aromatic N) is 1. The molecule has 22 heavy (non-hydrogen) atoms. The average molecular weight is 360 g/mol. The molecule has 0 radical (unpaired) electrons. The van der Waals surface area contributed by atoms with Gasteiger partial charge in [-0.25, -0.2) is 0 Å². The summed E-state index contributed by atoms with van der Waals surface area (Å²) in [6.45, 7) is 2.03. The molecular formula is C16H19Cl2NO2S. The van der Waals surface area contributed by atoms with Crippen molar-refractivity contribution in [2.45, 2.75) is 19.3 Å². The Morgan fingerprint density at radius 3 is 2.82 bits per heavy atom. The van der Waals surface area contributed by atoms with Crippen molar-refractivity contribution in [3.63, 3.8) is 0 Å². The minimum atomic E-state index is -0.531. The van der Waals surface area contributed by atoms with Gasteiger partial charge in [-0.3, -0.25) is 4.90 Å². The minimum Gasteiger partial charge on any atom is -0.389 e. The van der Waals surface area contributed by atoms with Gasteiger partial charge in [0.25, 0.3) is 0 Å². The predicted molar refractivity (Wildman–Crippen MR) is 92.8 cm³/mol. The van der Waals surface area contributed by atoms with E-state index in [0.29, 0.717) is 36.3 Å². The molecule has 1 aromatic carbocycles. The Kier molecular flexibility index (Phi) is 7.15. The lowest BCUT2D eigenvalue weighted by atomic mass is 10.2. The predicted octanol–water partition coefficient (Wildman–Crippen LogP) is 4.06. The van der Waals surface area contributed by atoms with Crippen LogP contribution < -0.4 is 0 Å². The Hall–Kier alpha value is -0.620. The van der Waals surface area contributed by atoms with Crippen molar-refractivity contribution in [3.8, 4) is 0 Å². The third-order valence-corrected chi connectivity index (χ3v) is 4.55. The zero-order chi connectivity index (χ0) is 15.9. The van der Waals surface area contributed by atoms with Crippen molar-refractivity contribution in [3.05, 3.63) is 56.2 Å². The highest BCUT2D eigenvalue weighted by Gasteiger charge is 2.11. The van der Waals surface area contributed by atoms with Gasteiger partial charge >= 0.3 is 0 Å². The fourth-order valence-electron chi connectivity index (χ4n) is 2.11. The van der Waals surface area contributed by atoms with Gasteiger partial charge in [0.1, 0.15) is 0 Å². The molecule has 0 amide bonds. The Morgan fingerprint density at radius 1 is 1.32 bits per heavy atom. The SMILES string of the molecule is CN(Cc1ccc(Cl)cc1Cl)C[C@H](O)COCc1cccs1. The molecule has 0 aliphatic rings. The van der Waals surface area contributed by atoms with Crippen LogP contribution in [0.5, 0.6) is 0 Å². The highest BCUT2D eigenvalue weighted by Crippen LogP contribution is 2.22. The van der Waals surface area contributed by atoms with Gasteiger partial charge in [-0.1, -0.05) is 35.3 Å². The lowest BCUT2D eigenvalue weighted by molar-refractivity contribution is 0.0135. The molecule has 1 heterocycles. The van der Waals surface area contributed by atoms with Crippen LogP contribution in [0.2, 0.25) is 10.0 Å². The quantitative estimate of drug-likeness (QED) is 0.771. The van der Waals surface area contributed by atoms with Crippen LogP contribution in [0.3, 0.4) is 0 Å². The van der Waals surface area contributed by atoms with Crippen LogP contribution in [-0.2, 0) is 17.9 Å². The molecule has 1 aromatic heterocycles. The van der Waals surface area contributed by atoms with Gasteiger partial charge in [-0.2, -0.15) is 0 Å². The maximum absolute atomic E-state index is 10.0. The summed E-state index contributed by atoms with van der Waals surface area (Å²) in [5.41, 5.74) is 0.986. The Balaban J connectivity index is 1.72. The second-order valence-electron chi connectivity index (χ2n) is 5.18. The Labute approximate surface area is 145 Å². The lowest BCUT2D eigenvalue weighted by Gasteiger charge is -2.21. The molecule has 2 rings (SSSR count). The molecule has 1 N–H and O–H groups in total. The first kappa shape index (κ1) is 17.7. The number of ether oxygens (including phenoxy) is 1. The monoisotopic (exact) mass is 359 g/mol. The molecule has 0 spiro atoms. The molecule has 0 saturated carbocycles. The first-order chi connectivity index (χ1) is 10.5. The molecule has 1 atom stereocenters. The van der Waals surface area contributed by atoms with Crippen LogP contribution in [0.25, 0.3) is 0 Å². The third kappa shape index (κ3) is 5.88. The Bertz CT molecular complexity index is 578. The van der Waals surface area contributed by atoms with Gasteiger partial charge in [-0.05, 0) is 36.2 Å². The first-order valence-electron chi connectivity index (χ1n) is 6.95. The lowest BCUT2D eigenvalue weighted by Crippen LogP contribution is -2.31. The zero-order valence-electron chi connectivity index (χ0n) is 12.3. The summed E-state index contributed by atoms with van der Waals surface area (Å²) in [6, 6.07) is 9.46. The number of aliphatic hydroxyl groups excluding tert-OH is 1. The summed E-state index contributed by atoms with van der Waals surface area (Å²) in [4.78, 5) is 3.17. The van der Waals surface area contributed by atoms with E-state index in [9.17, 15) is 5.11 Å². The molecule has 3 nitrogen and oxygen atoms in total. The van der Waals surface area contributed by atoms with Crippen molar-refractivity contribution in [2.75, 3.05) is 20.2 Å². The number of rotatable bonds is 8. The fourth-order valence-corrected chi connectivity index (χ4v) is 3.22. The molecular weight excluding hydrogens is 341 g/mol. The molecule has 0 fully saturated rings. The third-order valence-electron chi connectivity index (χ3n) is 3.11. The second kappa shape index (κ2) is 8.87. The van der Waals surface area contributed by atoms with Crippen LogP contribution in [0.4, 0.5) is 0 Å². The standard InChI is InChI=1S/C16H19Cl2NO2S/c1-19(8-12-4-5-13(17)7-16(12)18)9-14(20)10-21-11-15-3-2-6-22-15/h2-7,14,20H,8-11H2,1H3/t14-/m0/s1. The van der Waals surface area contributed by atoms with E-state index in [1.54, 1.807) is 17.4 Å². The summed E-state index contributed by atoms with van der Waals surface area (Å²) in [5.74, 6) is 0. The maximum atomic E-state index is 10.0. The molecule has 120 valence electrons. The number of halogens is 2. The van der Waals surface area contributed by atoms with Gasteiger partial charge in [0, 0.05) is 28.0 Å². The smallest absolute Gasteiger partial charge is 0.0900 e. The average Bonchev–Trinajstić information content (AvgIpc) is 2.95. The fraction of sp³-hybridized carbons (Fsp3) is 0.375. The largest absolute Gasteiger partial charge is 0.389 e. The summed E-state index contributed by atoms with van der Waals surface area (Å²) < 4.78 is 5.52. The minimum absolute atomic E-state index is 0.316. The second-order valence-corrected chi connectivity index (χ2v) is 7.06. The van der Waals surface area contributed by atoms with Gasteiger partial charge < -0.3 is 9.84 Å². The topological polar surface area (TPSA) is 32.7 Å². The summed E-state index contributed by atoms with van der Waals surface area (Å²) in [6.07, 6.45) is -0.531. The summed E-state index contributed by atoms with van der Waals surface area (Å²) >= 11 is 13.7. The number of thiophene rings is 1. The molecule has 0 aliphatic carbocycles. The van der Waals surface area contributed by atoms with Crippen LogP contribution >= 0.6 is 34.5 Å². The zero-order valence-corrected chi connectivity index (χ0v) is 14.7. The van der Waals surface area contributed by atoms with Crippen molar-refractivity contribution >= 4 is 34.5 Å². The van der Waals surface area contributed by atoms with Crippen molar-refractivity contribution in [1.29, 1.82) is 0 Å². The van der Waals surface area contributed by atoms with Crippen molar-refractivity contribution < 1.29 is 9.84 Å². The van der Waals surface area contributed by atoms with Gasteiger partial charge in [-0.15, -0.1) is 11.3 Å². The highest BCUT2D eigenvalue weighted by molar-refractivity contribution is 7.09. The van der Waals surface area contributed by atoms with E-state index in [1.807, 2.05) is 41.6 Å². The van der Waals surface area contributed by atoms with E-state index in [-0.39, 0.29) is 0 Å². The number of aliphatic hydroxyl groups is 1. The highest BCUT2D eigenvalue weighted by atomic mass is 35.5. The van der Waals surface area contributed by atoms with Gasteiger partial charge in [0.2, 0.25) is 0 Å². The summed E-state index contributed by atoms with van der Waals surface area (Å²) in [5, 5.41) is 13.3. The van der Waals surface area contributed by atoms with Gasteiger partial charge in [0.15, 0.2) is 0 Å². The van der Waals surface area contributed by atoms with E-state index >= 15 is 0 Å². The van der Waals surface area contributed by atoms with E-state index < -0.39 is 6.10 Å². The van der Waals surface area contributed by atoms with Crippen molar-refractivity contribution in [2.24, 2.45) is 0 Å². The van der Waals surface area contributed by atoms with Crippen LogP contribution in [-0.4, -0.2) is 36.3 Å². The molecule has 6 heteroatoms. The first-order valence-corrected chi connectivity index (χ1v) is 8.59. The number of likely N-dealkylation sites (N-methyl/N-ethyl adjacent to an activating group) is 1. The van der Waals surface area contributed by atoms with E-state index in [0.717, 1.165) is 10.4 Å². The van der Waals surface area contributed by atoms with Gasteiger partial charge in [0.05, 0.1) is 19.3 Å². The molecule has 0 aliphatic heterocycles. The molecule has 2 aromatic rings. The van der Waals surface area contributed by atoms with E-state index in [1.165, 1.54) is 0 Å². The van der Waals surface area contributed by atoms with Crippen LogP contribution in [0.1, 0.15) is 10.4 Å². The van der Waals surface area contributed by atoms with Crippen LogP contribution in [0, 0.1) is 0 Å². The van der Waals surface area contributed by atoms with Crippen molar-refractivity contribution in [1.82, 2.24) is 4.90 Å². The van der Waals surface area contributed by atoms with Crippen LogP contribution in [0.15, 0.2) is 35.7 Å². The van der Waals surface area contributed by atoms with E-state index in [4.69, 9.17) is 27.9 Å². The number of hydrogen-bond acceptors (Lipinski definition) is 4. The molecule has 0 bridgehead atoms. The van der Waals surface area contributed by atoms with E-state index in [2.05, 4.69) is 0 Å². The Morgan fingerprint density at radius 2 is 2.14 bits per heavy atom.